The number of anilines is 1. The van der Waals surface area contributed by atoms with Crippen LogP contribution in [0.5, 0.6) is 0 Å². The molecule has 218 valence electrons. The SMILES string of the molecule is Cc1cc(C)cc(N(CC(=O)N(Cc2cccc(Br)c2)C(C)C(=O)NC2CCCCC2)S(=O)(=O)c2ccccc2)c1. The van der Waals surface area contributed by atoms with Crippen molar-refractivity contribution in [2.45, 2.75) is 76.4 Å². The van der Waals surface area contributed by atoms with E-state index in [0.29, 0.717) is 5.69 Å². The van der Waals surface area contributed by atoms with Gasteiger partial charge < -0.3 is 10.2 Å². The molecule has 1 N–H and O–H groups in total. The quantitative estimate of drug-likeness (QED) is 0.289. The van der Waals surface area contributed by atoms with Crippen LogP contribution in [0.4, 0.5) is 5.69 Å². The molecule has 1 atom stereocenters. The lowest BCUT2D eigenvalue weighted by atomic mass is 9.95. The van der Waals surface area contributed by atoms with E-state index in [1.807, 2.05) is 44.2 Å². The normalized spacial score (nSPS) is 14.7. The van der Waals surface area contributed by atoms with Crippen molar-refractivity contribution in [3.63, 3.8) is 0 Å². The lowest BCUT2D eigenvalue weighted by Gasteiger charge is -2.33. The first kappa shape index (κ1) is 30.8. The second kappa shape index (κ2) is 13.7. The Balaban J connectivity index is 1.69. The summed E-state index contributed by atoms with van der Waals surface area (Å²) < 4.78 is 29.9. The molecular formula is C32H38BrN3O4S. The van der Waals surface area contributed by atoms with Crippen LogP contribution in [-0.2, 0) is 26.2 Å². The van der Waals surface area contributed by atoms with Gasteiger partial charge in [0.25, 0.3) is 10.0 Å². The lowest BCUT2D eigenvalue weighted by Crippen LogP contribution is -2.53. The van der Waals surface area contributed by atoms with E-state index in [1.165, 1.54) is 23.5 Å². The van der Waals surface area contributed by atoms with Gasteiger partial charge in [0, 0.05) is 17.1 Å². The van der Waals surface area contributed by atoms with Crippen LogP contribution in [0.25, 0.3) is 0 Å². The number of nitrogens with one attached hydrogen (secondary N) is 1. The maximum atomic E-state index is 14.1. The molecule has 1 saturated carbocycles. The number of carbonyl (C=O) groups is 2. The number of hydrogen-bond acceptors (Lipinski definition) is 4. The van der Waals surface area contributed by atoms with Gasteiger partial charge in [-0.2, -0.15) is 0 Å². The van der Waals surface area contributed by atoms with Crippen molar-refractivity contribution < 1.29 is 18.0 Å². The molecule has 2 amide bonds. The van der Waals surface area contributed by atoms with E-state index < -0.39 is 28.5 Å². The minimum Gasteiger partial charge on any atom is -0.352 e. The van der Waals surface area contributed by atoms with Gasteiger partial charge in [-0.1, -0.05) is 71.6 Å². The van der Waals surface area contributed by atoms with E-state index in [4.69, 9.17) is 0 Å². The highest BCUT2D eigenvalue weighted by atomic mass is 79.9. The van der Waals surface area contributed by atoms with Crippen molar-refractivity contribution in [2.24, 2.45) is 0 Å². The molecule has 0 radical (unpaired) electrons. The molecular weight excluding hydrogens is 602 g/mol. The largest absolute Gasteiger partial charge is 0.352 e. The van der Waals surface area contributed by atoms with E-state index in [-0.39, 0.29) is 23.4 Å². The van der Waals surface area contributed by atoms with Gasteiger partial charge in [0.05, 0.1) is 10.6 Å². The number of nitrogens with zero attached hydrogens (tertiary/aromatic N) is 2. The van der Waals surface area contributed by atoms with Crippen LogP contribution in [0, 0.1) is 13.8 Å². The number of halogens is 1. The van der Waals surface area contributed by atoms with Crippen molar-refractivity contribution in [1.29, 1.82) is 0 Å². The van der Waals surface area contributed by atoms with Crippen LogP contribution < -0.4 is 9.62 Å². The summed E-state index contributed by atoms with van der Waals surface area (Å²) in [6, 6.07) is 20.4. The highest BCUT2D eigenvalue weighted by Crippen LogP contribution is 2.27. The number of benzene rings is 3. The van der Waals surface area contributed by atoms with Gasteiger partial charge in [-0.15, -0.1) is 0 Å². The standard InChI is InChI=1S/C32H38BrN3O4S/c1-23-17-24(2)19-29(18-23)36(41(39,40)30-15-8-5-9-16-30)22-31(37)35(21-26-11-10-12-27(33)20-26)25(3)32(38)34-28-13-6-4-7-14-28/h5,8-12,15-20,25,28H,4,6-7,13-14,21-22H2,1-3H3,(H,34,38). The second-order valence-electron chi connectivity index (χ2n) is 10.8. The molecule has 0 spiro atoms. The van der Waals surface area contributed by atoms with Gasteiger partial charge in [0.15, 0.2) is 0 Å². The Morgan fingerprint density at radius 2 is 1.59 bits per heavy atom. The predicted octanol–water partition coefficient (Wildman–Crippen LogP) is 6.13. The molecule has 0 heterocycles. The zero-order valence-corrected chi connectivity index (χ0v) is 26.2. The summed E-state index contributed by atoms with van der Waals surface area (Å²) in [4.78, 5) is 29.1. The number of carbonyl (C=O) groups excluding carboxylic acids is 2. The molecule has 9 heteroatoms. The van der Waals surface area contributed by atoms with Crippen LogP contribution in [0.3, 0.4) is 0 Å². The van der Waals surface area contributed by atoms with Crippen LogP contribution >= 0.6 is 15.9 Å². The van der Waals surface area contributed by atoms with Crippen LogP contribution in [0.15, 0.2) is 82.2 Å². The third kappa shape index (κ3) is 7.98. The second-order valence-corrected chi connectivity index (χ2v) is 13.6. The molecule has 1 fully saturated rings. The number of amides is 2. The molecule has 41 heavy (non-hydrogen) atoms. The number of hydrogen-bond donors (Lipinski definition) is 1. The molecule has 0 aromatic heterocycles. The van der Waals surface area contributed by atoms with Crippen molar-refractivity contribution in [2.75, 3.05) is 10.8 Å². The third-order valence-corrected chi connectivity index (χ3v) is 9.75. The van der Waals surface area contributed by atoms with Gasteiger partial charge in [-0.05, 0) is 86.7 Å². The van der Waals surface area contributed by atoms with Crippen LogP contribution in [-0.4, -0.2) is 43.8 Å². The Morgan fingerprint density at radius 3 is 2.22 bits per heavy atom. The molecule has 1 aliphatic rings. The molecule has 3 aromatic carbocycles. The smallest absolute Gasteiger partial charge is 0.264 e. The molecule has 1 unspecified atom stereocenters. The van der Waals surface area contributed by atoms with Gasteiger partial charge in [-0.3, -0.25) is 13.9 Å². The molecule has 0 bridgehead atoms. The minimum absolute atomic E-state index is 0.0896. The fraction of sp³-hybridized carbons (Fsp3) is 0.375. The van der Waals surface area contributed by atoms with Crippen molar-refractivity contribution >= 4 is 43.5 Å². The average molecular weight is 641 g/mol. The zero-order valence-electron chi connectivity index (χ0n) is 23.8. The summed E-state index contributed by atoms with van der Waals surface area (Å²) in [7, 11) is -4.09. The Morgan fingerprint density at radius 1 is 0.927 bits per heavy atom. The Kier molecular flexibility index (Phi) is 10.3. The van der Waals surface area contributed by atoms with Crippen LogP contribution in [0.1, 0.15) is 55.7 Å². The van der Waals surface area contributed by atoms with E-state index in [9.17, 15) is 18.0 Å². The molecule has 7 nitrogen and oxygen atoms in total. The summed E-state index contributed by atoms with van der Waals surface area (Å²) in [5.74, 6) is -0.695. The molecule has 0 saturated heterocycles. The van der Waals surface area contributed by atoms with Gasteiger partial charge >= 0.3 is 0 Å². The highest BCUT2D eigenvalue weighted by Gasteiger charge is 2.33. The van der Waals surface area contributed by atoms with Gasteiger partial charge in [0.1, 0.15) is 12.6 Å². The maximum absolute atomic E-state index is 14.1. The van der Waals surface area contributed by atoms with Gasteiger partial charge in [0.2, 0.25) is 11.8 Å². The fourth-order valence-electron chi connectivity index (χ4n) is 5.33. The first-order valence-electron chi connectivity index (χ1n) is 14.0. The van der Waals surface area contributed by atoms with E-state index >= 15 is 0 Å². The summed E-state index contributed by atoms with van der Waals surface area (Å²) in [5, 5.41) is 3.13. The van der Waals surface area contributed by atoms with E-state index in [2.05, 4.69) is 21.2 Å². The monoisotopic (exact) mass is 639 g/mol. The Bertz CT molecular complexity index is 1450. The third-order valence-electron chi connectivity index (χ3n) is 7.47. The fourth-order valence-corrected chi connectivity index (χ4v) is 7.19. The Hall–Kier alpha value is -3.17. The number of rotatable bonds is 10. The number of aryl methyl sites for hydroxylation is 2. The first-order valence-corrected chi connectivity index (χ1v) is 16.3. The highest BCUT2D eigenvalue weighted by molar-refractivity contribution is 9.10. The summed E-state index contributed by atoms with van der Waals surface area (Å²) in [6.45, 7) is 5.20. The van der Waals surface area contributed by atoms with Crippen LogP contribution in [0.2, 0.25) is 0 Å². The number of sulfonamides is 1. The van der Waals surface area contributed by atoms with Crippen molar-refractivity contribution in [3.8, 4) is 0 Å². The molecule has 0 aliphatic heterocycles. The zero-order chi connectivity index (χ0) is 29.6. The summed E-state index contributed by atoms with van der Waals surface area (Å²) in [6.07, 6.45) is 5.16. The lowest BCUT2D eigenvalue weighted by molar-refractivity contribution is -0.139. The summed E-state index contributed by atoms with van der Waals surface area (Å²) in [5.41, 5.74) is 2.99. The van der Waals surface area contributed by atoms with E-state index in [1.54, 1.807) is 37.3 Å². The maximum Gasteiger partial charge on any atom is 0.264 e. The van der Waals surface area contributed by atoms with Gasteiger partial charge in [-0.25, -0.2) is 8.42 Å². The predicted molar refractivity (Wildman–Crippen MR) is 166 cm³/mol. The molecule has 1 aliphatic carbocycles. The van der Waals surface area contributed by atoms with E-state index in [0.717, 1.165) is 51.2 Å². The molecule has 4 rings (SSSR count). The summed E-state index contributed by atoms with van der Waals surface area (Å²) >= 11 is 3.49. The molecule has 3 aromatic rings. The van der Waals surface area contributed by atoms with Crippen molar-refractivity contribution in [3.05, 3.63) is 94.0 Å². The average Bonchev–Trinajstić information content (AvgIpc) is 2.94. The topological polar surface area (TPSA) is 86.8 Å². The Labute approximate surface area is 252 Å². The first-order chi connectivity index (χ1) is 19.5. The van der Waals surface area contributed by atoms with Crippen molar-refractivity contribution in [1.82, 2.24) is 10.2 Å². The minimum atomic E-state index is -4.09.